The van der Waals surface area contributed by atoms with Gasteiger partial charge in [-0.25, -0.2) is 8.78 Å². The fourth-order valence-electron chi connectivity index (χ4n) is 1.44. The minimum absolute atomic E-state index is 0.733. The van der Waals surface area contributed by atoms with Crippen LogP contribution in [-0.4, -0.2) is 18.0 Å². The maximum absolute atomic E-state index is 12.8. The second-order valence-electron chi connectivity index (χ2n) is 3.38. The Bertz CT molecular complexity index is 308. The lowest BCUT2D eigenvalue weighted by molar-refractivity contribution is 0.172. The Morgan fingerprint density at radius 1 is 1.15 bits per heavy atom. The molecule has 1 aliphatic heterocycles. The van der Waals surface area contributed by atoms with Crippen LogP contribution in [0, 0.1) is 11.6 Å². The first-order valence-electron chi connectivity index (χ1n) is 4.42. The van der Waals surface area contributed by atoms with Gasteiger partial charge in [-0.05, 0) is 37.2 Å². The van der Waals surface area contributed by atoms with E-state index in [4.69, 9.17) is 0 Å². The fraction of sp³-hybridized carbons (Fsp3) is 0.400. The minimum Gasteiger partial charge on any atom is -0.299 e. The molecule has 1 saturated heterocycles. The van der Waals surface area contributed by atoms with Gasteiger partial charge in [0.05, 0.1) is 0 Å². The van der Waals surface area contributed by atoms with Gasteiger partial charge in [-0.1, -0.05) is 6.07 Å². The highest BCUT2D eigenvalue weighted by atomic mass is 19.2. The summed E-state index contributed by atoms with van der Waals surface area (Å²) in [6, 6.07) is 4.09. The second-order valence-corrected chi connectivity index (χ2v) is 3.38. The van der Waals surface area contributed by atoms with E-state index in [-0.39, 0.29) is 0 Å². The zero-order valence-electron chi connectivity index (χ0n) is 7.26. The summed E-state index contributed by atoms with van der Waals surface area (Å²) in [5, 5.41) is 0. The van der Waals surface area contributed by atoms with Gasteiger partial charge in [0.15, 0.2) is 11.6 Å². The van der Waals surface area contributed by atoms with Crippen LogP contribution in [0.2, 0.25) is 0 Å². The lowest BCUT2D eigenvalue weighted by atomic mass is 10.1. The number of hydrogen-bond donors (Lipinski definition) is 0. The topological polar surface area (TPSA) is 3.24 Å². The van der Waals surface area contributed by atoms with Crippen LogP contribution in [0.3, 0.4) is 0 Å². The Hall–Kier alpha value is -0.960. The molecule has 1 aromatic carbocycles. The van der Waals surface area contributed by atoms with Crippen molar-refractivity contribution >= 4 is 0 Å². The summed E-state index contributed by atoms with van der Waals surface area (Å²) in [6.07, 6.45) is 1.21. The SMILES string of the molecule is Fc1ccc(CN2CCC2)cc1F. The van der Waals surface area contributed by atoms with Crippen molar-refractivity contribution in [2.45, 2.75) is 13.0 Å². The third-order valence-electron chi connectivity index (χ3n) is 2.34. The summed E-state index contributed by atoms with van der Waals surface area (Å²) >= 11 is 0. The van der Waals surface area contributed by atoms with E-state index in [0.29, 0.717) is 0 Å². The van der Waals surface area contributed by atoms with Gasteiger partial charge >= 0.3 is 0 Å². The number of rotatable bonds is 2. The Morgan fingerprint density at radius 3 is 2.46 bits per heavy atom. The average molecular weight is 183 g/mol. The van der Waals surface area contributed by atoms with Gasteiger partial charge in [0.25, 0.3) is 0 Å². The van der Waals surface area contributed by atoms with Crippen LogP contribution in [0.1, 0.15) is 12.0 Å². The van der Waals surface area contributed by atoms with E-state index in [2.05, 4.69) is 4.90 Å². The highest BCUT2D eigenvalue weighted by molar-refractivity contribution is 5.17. The van der Waals surface area contributed by atoms with Gasteiger partial charge in [-0.15, -0.1) is 0 Å². The summed E-state index contributed by atoms with van der Waals surface area (Å²) in [5.41, 5.74) is 0.846. The molecule has 3 heteroatoms. The fourth-order valence-corrected chi connectivity index (χ4v) is 1.44. The first-order valence-corrected chi connectivity index (χ1v) is 4.42. The van der Waals surface area contributed by atoms with Gasteiger partial charge < -0.3 is 0 Å². The van der Waals surface area contributed by atoms with Crippen molar-refractivity contribution in [2.75, 3.05) is 13.1 Å². The normalized spacial score (nSPS) is 17.1. The van der Waals surface area contributed by atoms with Crippen molar-refractivity contribution in [3.05, 3.63) is 35.4 Å². The lowest BCUT2D eigenvalue weighted by Gasteiger charge is -2.30. The predicted molar refractivity (Wildman–Crippen MR) is 46.3 cm³/mol. The molecule has 0 radical (unpaired) electrons. The molecule has 0 bridgehead atoms. The molecule has 0 aliphatic carbocycles. The van der Waals surface area contributed by atoms with Gasteiger partial charge in [-0.2, -0.15) is 0 Å². The Balaban J connectivity index is 2.07. The molecule has 1 nitrogen and oxygen atoms in total. The maximum atomic E-state index is 12.8. The highest BCUT2D eigenvalue weighted by Gasteiger charge is 2.14. The molecule has 0 aromatic heterocycles. The summed E-state index contributed by atoms with van der Waals surface area (Å²) in [6.45, 7) is 2.87. The Morgan fingerprint density at radius 2 is 1.92 bits per heavy atom. The largest absolute Gasteiger partial charge is 0.299 e. The summed E-state index contributed by atoms with van der Waals surface area (Å²) in [7, 11) is 0. The van der Waals surface area contributed by atoms with Gasteiger partial charge in [0.1, 0.15) is 0 Å². The molecule has 0 spiro atoms. The minimum atomic E-state index is -0.771. The molecule has 1 aliphatic rings. The molecule has 0 amide bonds. The lowest BCUT2D eigenvalue weighted by Crippen LogP contribution is -2.36. The van der Waals surface area contributed by atoms with E-state index in [1.54, 1.807) is 6.07 Å². The first kappa shape index (κ1) is 8.63. The van der Waals surface area contributed by atoms with Crippen molar-refractivity contribution in [2.24, 2.45) is 0 Å². The van der Waals surface area contributed by atoms with E-state index in [9.17, 15) is 8.78 Å². The second kappa shape index (κ2) is 3.42. The van der Waals surface area contributed by atoms with Crippen LogP contribution in [0.4, 0.5) is 8.78 Å². The molecule has 2 rings (SSSR count). The molecule has 0 atom stereocenters. The van der Waals surface area contributed by atoms with Gasteiger partial charge in [-0.3, -0.25) is 4.90 Å². The summed E-state index contributed by atoms with van der Waals surface area (Å²) < 4.78 is 25.3. The zero-order chi connectivity index (χ0) is 9.26. The molecular weight excluding hydrogens is 172 g/mol. The van der Waals surface area contributed by atoms with E-state index in [1.165, 1.54) is 18.6 Å². The highest BCUT2D eigenvalue weighted by Crippen LogP contribution is 2.14. The predicted octanol–water partition coefficient (Wildman–Crippen LogP) is 2.17. The molecule has 13 heavy (non-hydrogen) atoms. The van der Waals surface area contributed by atoms with E-state index >= 15 is 0 Å². The Kier molecular flexibility index (Phi) is 2.27. The third-order valence-corrected chi connectivity index (χ3v) is 2.34. The van der Waals surface area contributed by atoms with Gasteiger partial charge in [0.2, 0.25) is 0 Å². The zero-order valence-corrected chi connectivity index (χ0v) is 7.26. The summed E-state index contributed by atoms with van der Waals surface area (Å²) in [5.74, 6) is -1.52. The number of likely N-dealkylation sites (tertiary alicyclic amines) is 1. The molecule has 1 heterocycles. The number of hydrogen-bond acceptors (Lipinski definition) is 1. The summed E-state index contributed by atoms with van der Waals surface area (Å²) in [4.78, 5) is 2.20. The smallest absolute Gasteiger partial charge is 0.159 e. The van der Waals surface area contributed by atoms with Crippen LogP contribution in [0.25, 0.3) is 0 Å². The molecule has 0 N–H and O–H groups in total. The Labute approximate surface area is 76.0 Å². The third kappa shape index (κ3) is 1.86. The monoisotopic (exact) mass is 183 g/mol. The number of nitrogens with zero attached hydrogens (tertiary/aromatic N) is 1. The van der Waals surface area contributed by atoms with Crippen molar-refractivity contribution in [1.29, 1.82) is 0 Å². The molecule has 1 fully saturated rings. The van der Waals surface area contributed by atoms with Crippen LogP contribution in [0.15, 0.2) is 18.2 Å². The van der Waals surface area contributed by atoms with Crippen LogP contribution in [-0.2, 0) is 6.54 Å². The van der Waals surface area contributed by atoms with E-state index in [0.717, 1.165) is 25.2 Å². The van der Waals surface area contributed by atoms with Crippen molar-refractivity contribution < 1.29 is 8.78 Å². The number of benzene rings is 1. The molecule has 0 unspecified atom stereocenters. The van der Waals surface area contributed by atoms with Crippen LogP contribution >= 0.6 is 0 Å². The van der Waals surface area contributed by atoms with Gasteiger partial charge in [0, 0.05) is 6.54 Å². The van der Waals surface area contributed by atoms with Crippen LogP contribution < -0.4 is 0 Å². The molecule has 1 aromatic rings. The van der Waals surface area contributed by atoms with Crippen molar-refractivity contribution in [3.63, 3.8) is 0 Å². The molecule has 0 saturated carbocycles. The standard InChI is InChI=1S/C10H11F2N/c11-9-3-2-8(6-10(9)12)7-13-4-1-5-13/h2-3,6H,1,4-5,7H2. The average Bonchev–Trinajstić information content (AvgIpc) is 2.04. The van der Waals surface area contributed by atoms with Crippen LogP contribution in [0.5, 0.6) is 0 Å². The quantitative estimate of drug-likeness (QED) is 0.679. The maximum Gasteiger partial charge on any atom is 0.159 e. The number of halogens is 2. The van der Waals surface area contributed by atoms with Crippen molar-refractivity contribution in [1.82, 2.24) is 4.90 Å². The molecule has 70 valence electrons. The first-order chi connectivity index (χ1) is 6.25. The molecular formula is C10H11F2N. The van der Waals surface area contributed by atoms with Crippen molar-refractivity contribution in [3.8, 4) is 0 Å². The van der Waals surface area contributed by atoms with E-state index in [1.807, 2.05) is 0 Å². The van der Waals surface area contributed by atoms with E-state index < -0.39 is 11.6 Å².